The number of benzene rings is 1. The van der Waals surface area contributed by atoms with Crippen LogP contribution in [0.4, 0.5) is 10.5 Å². The van der Waals surface area contributed by atoms with E-state index in [1.807, 2.05) is 10.9 Å². The van der Waals surface area contributed by atoms with Gasteiger partial charge in [0.1, 0.15) is 0 Å². The average molecular weight is 326 g/mol. The molecular weight excluding hydrogens is 312 g/mol. The maximum absolute atomic E-state index is 11.8. The van der Waals surface area contributed by atoms with Crippen molar-refractivity contribution < 1.29 is 29.2 Å². The van der Waals surface area contributed by atoms with Crippen molar-refractivity contribution in [2.24, 2.45) is 0 Å². The molecule has 11 nitrogen and oxygen atoms in total. The lowest BCUT2D eigenvalue weighted by atomic mass is 10.1. The summed E-state index contributed by atoms with van der Waals surface area (Å²) in [5, 5.41) is 22.0. The monoisotopic (exact) mass is 326 g/mol. The van der Waals surface area contributed by atoms with E-state index < -0.39 is 34.1 Å². The van der Waals surface area contributed by atoms with Crippen molar-refractivity contribution in [2.75, 3.05) is 20.3 Å². The molecule has 4 N–H and O–H groups in total. The Balaban J connectivity index is 2.77. The number of urea groups is 1. The number of nitrogens with one attached hydrogen (secondary N) is 3. The van der Waals surface area contributed by atoms with Crippen LogP contribution in [0.3, 0.4) is 0 Å². The number of carbonyl (C=O) groups is 3. The van der Waals surface area contributed by atoms with E-state index in [0.717, 1.165) is 18.2 Å². The quantitative estimate of drug-likeness (QED) is 0.322. The first-order valence-corrected chi connectivity index (χ1v) is 6.21. The van der Waals surface area contributed by atoms with Crippen LogP contribution in [-0.4, -0.2) is 48.2 Å². The van der Waals surface area contributed by atoms with Crippen LogP contribution >= 0.6 is 0 Å². The highest BCUT2D eigenvalue weighted by Gasteiger charge is 2.17. The topological polar surface area (TPSA) is 160 Å². The molecular formula is C12H14N4O7. The predicted molar refractivity (Wildman–Crippen MR) is 75.9 cm³/mol. The zero-order chi connectivity index (χ0) is 17.4. The van der Waals surface area contributed by atoms with Crippen LogP contribution in [0.25, 0.3) is 0 Å². The van der Waals surface area contributed by atoms with E-state index in [2.05, 4.69) is 5.32 Å². The van der Waals surface area contributed by atoms with Crippen molar-refractivity contribution in [3.8, 4) is 0 Å². The summed E-state index contributed by atoms with van der Waals surface area (Å²) in [4.78, 5) is 44.0. The van der Waals surface area contributed by atoms with E-state index in [1.165, 1.54) is 7.11 Å². The number of carboxylic acids is 1. The normalized spacial score (nSPS) is 9.78. The molecule has 0 saturated heterocycles. The lowest BCUT2D eigenvalue weighted by Gasteiger charge is -2.09. The second-order valence-corrected chi connectivity index (χ2v) is 4.16. The minimum Gasteiger partial charge on any atom is -0.478 e. The van der Waals surface area contributed by atoms with Gasteiger partial charge >= 0.3 is 12.0 Å². The van der Waals surface area contributed by atoms with Crippen LogP contribution in [0.15, 0.2) is 18.2 Å². The summed E-state index contributed by atoms with van der Waals surface area (Å²) in [5.74, 6) is -2.33. The largest absolute Gasteiger partial charge is 0.478 e. The highest BCUT2D eigenvalue weighted by atomic mass is 16.6. The van der Waals surface area contributed by atoms with E-state index >= 15 is 0 Å². The summed E-state index contributed by atoms with van der Waals surface area (Å²) in [5.41, 5.74) is 2.75. The van der Waals surface area contributed by atoms with Crippen molar-refractivity contribution in [1.29, 1.82) is 0 Å². The number of nitro benzene ring substituents is 1. The molecule has 0 aromatic heterocycles. The van der Waals surface area contributed by atoms with Gasteiger partial charge in [0.25, 0.3) is 11.6 Å². The molecule has 0 aliphatic rings. The number of carbonyl (C=O) groups excluding carboxylic acids is 2. The van der Waals surface area contributed by atoms with Gasteiger partial charge in [0.05, 0.1) is 17.1 Å². The lowest BCUT2D eigenvalue weighted by molar-refractivity contribution is -0.384. The second-order valence-electron chi connectivity index (χ2n) is 4.16. The highest BCUT2D eigenvalue weighted by Crippen LogP contribution is 2.17. The van der Waals surface area contributed by atoms with Crippen LogP contribution < -0.4 is 16.2 Å². The van der Waals surface area contributed by atoms with Crippen LogP contribution in [0.1, 0.15) is 20.7 Å². The number of ether oxygens (including phenoxy) is 1. The molecule has 0 spiro atoms. The Hall–Kier alpha value is -3.21. The van der Waals surface area contributed by atoms with Gasteiger partial charge in [-0.25, -0.2) is 15.0 Å². The van der Waals surface area contributed by atoms with Gasteiger partial charge < -0.3 is 15.2 Å². The Bertz CT molecular complexity index is 600. The Morgan fingerprint density at radius 2 is 1.87 bits per heavy atom. The van der Waals surface area contributed by atoms with Crippen molar-refractivity contribution >= 4 is 23.6 Å². The fraction of sp³-hybridized carbons (Fsp3) is 0.250. The van der Waals surface area contributed by atoms with Crippen molar-refractivity contribution in [1.82, 2.24) is 16.2 Å². The summed E-state index contributed by atoms with van der Waals surface area (Å²) < 4.78 is 4.71. The molecule has 1 aromatic rings. The third-order valence-corrected chi connectivity index (χ3v) is 2.52. The average Bonchev–Trinajstić information content (AvgIpc) is 2.52. The number of rotatable bonds is 6. The van der Waals surface area contributed by atoms with Crippen LogP contribution in [0, 0.1) is 10.1 Å². The molecule has 3 amide bonds. The first-order chi connectivity index (χ1) is 10.8. The zero-order valence-corrected chi connectivity index (χ0v) is 12.0. The van der Waals surface area contributed by atoms with E-state index in [-0.39, 0.29) is 18.7 Å². The number of methoxy groups -OCH3 is 1. The summed E-state index contributed by atoms with van der Waals surface area (Å²) in [7, 11) is 1.45. The summed E-state index contributed by atoms with van der Waals surface area (Å²) in [6.07, 6.45) is 0. The number of non-ortho nitro benzene ring substituents is 1. The molecule has 1 aromatic carbocycles. The first kappa shape index (κ1) is 17.8. The molecule has 1 rings (SSSR count). The predicted octanol–water partition coefficient (Wildman–Crippen LogP) is -0.117. The smallest absolute Gasteiger partial charge is 0.335 e. The van der Waals surface area contributed by atoms with E-state index in [9.17, 15) is 24.5 Å². The Kier molecular flexibility index (Phi) is 6.43. The number of amides is 3. The molecule has 124 valence electrons. The molecule has 0 unspecified atom stereocenters. The third-order valence-electron chi connectivity index (χ3n) is 2.52. The van der Waals surface area contributed by atoms with Crippen LogP contribution in [0.2, 0.25) is 0 Å². The highest BCUT2D eigenvalue weighted by molar-refractivity contribution is 5.99. The maximum atomic E-state index is 11.8. The standard InChI is InChI=1S/C12H14N4O7/c1-23-3-2-13-12(20)15-14-10(17)7-4-8(11(18)19)6-9(5-7)16(21)22/h4-6H,2-3H2,1H3,(H,14,17)(H,18,19)(H2,13,15,20). The van der Waals surface area contributed by atoms with Gasteiger partial charge in [-0.3, -0.25) is 20.3 Å². The number of nitro groups is 1. The van der Waals surface area contributed by atoms with Gasteiger partial charge in [-0.05, 0) is 6.07 Å². The van der Waals surface area contributed by atoms with Crippen molar-refractivity contribution in [3.05, 3.63) is 39.4 Å². The van der Waals surface area contributed by atoms with Gasteiger partial charge in [0.2, 0.25) is 0 Å². The minimum absolute atomic E-state index is 0.207. The molecule has 0 radical (unpaired) electrons. The fourth-order valence-corrected chi connectivity index (χ4v) is 1.47. The fourth-order valence-electron chi connectivity index (χ4n) is 1.47. The van der Waals surface area contributed by atoms with Gasteiger partial charge in [-0.15, -0.1) is 0 Å². The minimum atomic E-state index is -1.42. The molecule has 11 heteroatoms. The van der Waals surface area contributed by atoms with Gasteiger partial charge in [0.15, 0.2) is 0 Å². The molecule has 0 saturated carbocycles. The van der Waals surface area contributed by atoms with Crippen LogP contribution in [0.5, 0.6) is 0 Å². The number of hydrazine groups is 1. The first-order valence-electron chi connectivity index (χ1n) is 6.21. The molecule has 0 fully saturated rings. The lowest BCUT2D eigenvalue weighted by Crippen LogP contribution is -2.47. The van der Waals surface area contributed by atoms with Gasteiger partial charge in [-0.1, -0.05) is 0 Å². The van der Waals surface area contributed by atoms with Gasteiger partial charge in [-0.2, -0.15) is 0 Å². The maximum Gasteiger partial charge on any atom is 0.335 e. The molecule has 23 heavy (non-hydrogen) atoms. The zero-order valence-electron chi connectivity index (χ0n) is 12.0. The molecule has 0 atom stereocenters. The number of nitrogens with zero attached hydrogens (tertiary/aromatic N) is 1. The summed E-state index contributed by atoms with van der Waals surface area (Å²) in [6.45, 7) is 0.479. The number of hydrogen-bond acceptors (Lipinski definition) is 6. The molecule has 0 aliphatic heterocycles. The Morgan fingerprint density at radius 1 is 1.22 bits per heavy atom. The van der Waals surface area contributed by atoms with E-state index in [0.29, 0.717) is 0 Å². The number of hydrogen-bond donors (Lipinski definition) is 4. The third kappa shape index (κ3) is 5.59. The van der Waals surface area contributed by atoms with Crippen LogP contribution in [-0.2, 0) is 4.74 Å². The second kappa shape index (κ2) is 8.29. The Labute approximate surface area is 129 Å². The summed E-state index contributed by atoms with van der Waals surface area (Å²) in [6, 6.07) is 1.95. The van der Waals surface area contributed by atoms with E-state index in [1.54, 1.807) is 0 Å². The number of aromatic carboxylic acids is 1. The van der Waals surface area contributed by atoms with Gasteiger partial charge in [0, 0.05) is 31.4 Å². The van der Waals surface area contributed by atoms with E-state index in [4.69, 9.17) is 9.84 Å². The number of carboxylic acid groups (broad SMARTS) is 1. The van der Waals surface area contributed by atoms with Crippen molar-refractivity contribution in [2.45, 2.75) is 0 Å². The molecule has 0 bridgehead atoms. The molecule has 0 aliphatic carbocycles. The molecule has 0 heterocycles. The summed E-state index contributed by atoms with van der Waals surface area (Å²) >= 11 is 0. The Morgan fingerprint density at radius 3 is 2.43 bits per heavy atom. The SMILES string of the molecule is COCCNC(=O)NNC(=O)c1cc(C(=O)O)cc([N+](=O)[O-])c1. The van der Waals surface area contributed by atoms with Crippen molar-refractivity contribution in [3.63, 3.8) is 0 Å².